The van der Waals surface area contributed by atoms with Gasteiger partial charge in [-0.1, -0.05) is 24.3 Å². The molecule has 0 bridgehead atoms. The molecule has 3 nitrogen and oxygen atoms in total. The number of aromatic nitrogens is 1. The van der Waals surface area contributed by atoms with Gasteiger partial charge in [0, 0.05) is 24.3 Å². The van der Waals surface area contributed by atoms with E-state index in [0.717, 1.165) is 25.9 Å². The van der Waals surface area contributed by atoms with Gasteiger partial charge in [0.15, 0.2) is 0 Å². The van der Waals surface area contributed by atoms with Crippen LogP contribution in [0, 0.1) is 0 Å². The van der Waals surface area contributed by atoms with Crippen molar-refractivity contribution in [2.45, 2.75) is 32.4 Å². The molecular formula is C15H20N2O. The number of aliphatic hydroxyl groups is 1. The molecule has 1 heterocycles. The van der Waals surface area contributed by atoms with E-state index in [1.165, 1.54) is 16.3 Å². The summed E-state index contributed by atoms with van der Waals surface area (Å²) in [4.78, 5) is 4.26. The van der Waals surface area contributed by atoms with E-state index in [1.54, 1.807) is 0 Å². The molecule has 2 aromatic rings. The van der Waals surface area contributed by atoms with Gasteiger partial charge in [-0.05, 0) is 37.3 Å². The molecule has 2 N–H and O–H groups in total. The molecule has 0 aliphatic rings. The van der Waals surface area contributed by atoms with Crippen LogP contribution in [0.1, 0.15) is 25.3 Å². The van der Waals surface area contributed by atoms with E-state index < -0.39 is 0 Å². The van der Waals surface area contributed by atoms with Gasteiger partial charge in [0.05, 0.1) is 6.10 Å². The van der Waals surface area contributed by atoms with Crippen LogP contribution in [0.15, 0.2) is 36.7 Å². The highest BCUT2D eigenvalue weighted by Gasteiger charge is 2.00. The lowest BCUT2D eigenvalue weighted by Gasteiger charge is -2.08. The monoisotopic (exact) mass is 244 g/mol. The molecule has 1 atom stereocenters. The molecule has 96 valence electrons. The molecule has 0 saturated heterocycles. The van der Waals surface area contributed by atoms with Crippen molar-refractivity contribution in [1.29, 1.82) is 0 Å². The van der Waals surface area contributed by atoms with Crippen molar-refractivity contribution < 1.29 is 5.11 Å². The van der Waals surface area contributed by atoms with Crippen LogP contribution in [0.5, 0.6) is 0 Å². The first-order valence-electron chi connectivity index (χ1n) is 6.48. The van der Waals surface area contributed by atoms with E-state index in [9.17, 15) is 5.11 Å². The topological polar surface area (TPSA) is 45.1 Å². The van der Waals surface area contributed by atoms with E-state index in [-0.39, 0.29) is 6.10 Å². The van der Waals surface area contributed by atoms with Crippen molar-refractivity contribution in [3.63, 3.8) is 0 Å². The predicted octanol–water partition coefficient (Wildman–Crippen LogP) is 2.49. The largest absolute Gasteiger partial charge is 0.393 e. The average Bonchev–Trinajstić information content (AvgIpc) is 2.38. The van der Waals surface area contributed by atoms with Crippen molar-refractivity contribution in [3.05, 3.63) is 42.2 Å². The quantitative estimate of drug-likeness (QED) is 0.767. The van der Waals surface area contributed by atoms with Gasteiger partial charge >= 0.3 is 0 Å². The molecule has 1 unspecified atom stereocenters. The van der Waals surface area contributed by atoms with E-state index in [2.05, 4.69) is 28.5 Å². The second-order valence-electron chi connectivity index (χ2n) is 4.69. The second-order valence-corrected chi connectivity index (χ2v) is 4.69. The van der Waals surface area contributed by atoms with Gasteiger partial charge in [-0.3, -0.25) is 4.98 Å². The van der Waals surface area contributed by atoms with Gasteiger partial charge in [0.2, 0.25) is 0 Å². The predicted molar refractivity (Wildman–Crippen MR) is 74.4 cm³/mol. The standard InChI is InChI=1S/C15H20N2O/c1-12(18)5-4-8-16-10-14-11-17-9-13-6-2-3-7-15(13)14/h2-3,6-7,9,11-12,16,18H,4-5,8,10H2,1H3. The maximum atomic E-state index is 9.17. The number of rotatable bonds is 6. The second kappa shape index (κ2) is 6.47. The van der Waals surface area contributed by atoms with Gasteiger partial charge in [0.25, 0.3) is 0 Å². The first-order chi connectivity index (χ1) is 8.77. The molecule has 0 spiro atoms. The Labute approximate surface area is 108 Å². The van der Waals surface area contributed by atoms with Crippen molar-refractivity contribution >= 4 is 10.8 Å². The van der Waals surface area contributed by atoms with Gasteiger partial charge in [-0.15, -0.1) is 0 Å². The van der Waals surface area contributed by atoms with Crippen molar-refractivity contribution in [1.82, 2.24) is 10.3 Å². The van der Waals surface area contributed by atoms with Crippen LogP contribution >= 0.6 is 0 Å². The van der Waals surface area contributed by atoms with Crippen LogP contribution in [0.3, 0.4) is 0 Å². The average molecular weight is 244 g/mol. The summed E-state index contributed by atoms with van der Waals surface area (Å²) in [5.74, 6) is 0. The van der Waals surface area contributed by atoms with E-state index in [0.29, 0.717) is 0 Å². The van der Waals surface area contributed by atoms with Gasteiger partial charge in [-0.25, -0.2) is 0 Å². The molecule has 0 radical (unpaired) electrons. The molecule has 1 aromatic heterocycles. The summed E-state index contributed by atoms with van der Waals surface area (Å²) in [6.45, 7) is 3.58. The molecule has 0 saturated carbocycles. The number of nitrogens with one attached hydrogen (secondary N) is 1. The lowest BCUT2D eigenvalue weighted by Crippen LogP contribution is -2.16. The summed E-state index contributed by atoms with van der Waals surface area (Å²) < 4.78 is 0. The van der Waals surface area contributed by atoms with E-state index in [4.69, 9.17) is 0 Å². The first kappa shape index (κ1) is 13.0. The van der Waals surface area contributed by atoms with Crippen LogP contribution in [0.2, 0.25) is 0 Å². The molecule has 0 amide bonds. The van der Waals surface area contributed by atoms with Crippen molar-refractivity contribution in [3.8, 4) is 0 Å². The number of aliphatic hydroxyl groups excluding tert-OH is 1. The third kappa shape index (κ3) is 3.52. The highest BCUT2D eigenvalue weighted by molar-refractivity contribution is 5.84. The van der Waals surface area contributed by atoms with Gasteiger partial charge < -0.3 is 10.4 Å². The Morgan fingerprint density at radius 1 is 1.28 bits per heavy atom. The summed E-state index contributed by atoms with van der Waals surface area (Å²) in [5.41, 5.74) is 1.23. The molecule has 3 heteroatoms. The zero-order valence-electron chi connectivity index (χ0n) is 10.8. The Kier molecular flexibility index (Phi) is 4.67. The number of fused-ring (bicyclic) bond motifs is 1. The zero-order chi connectivity index (χ0) is 12.8. The van der Waals surface area contributed by atoms with Gasteiger partial charge in [-0.2, -0.15) is 0 Å². The maximum absolute atomic E-state index is 9.17. The summed E-state index contributed by atoms with van der Waals surface area (Å²) in [6, 6.07) is 8.30. The highest BCUT2D eigenvalue weighted by atomic mass is 16.3. The molecule has 2 rings (SSSR count). The minimum atomic E-state index is -0.203. The zero-order valence-corrected chi connectivity index (χ0v) is 10.8. The Morgan fingerprint density at radius 3 is 2.94 bits per heavy atom. The maximum Gasteiger partial charge on any atom is 0.0512 e. The summed E-state index contributed by atoms with van der Waals surface area (Å²) in [5, 5.41) is 15.0. The number of hydrogen-bond donors (Lipinski definition) is 2. The highest BCUT2D eigenvalue weighted by Crippen LogP contribution is 2.16. The molecule has 0 aliphatic heterocycles. The minimum Gasteiger partial charge on any atom is -0.393 e. The summed E-state index contributed by atoms with van der Waals surface area (Å²) >= 11 is 0. The molecule has 18 heavy (non-hydrogen) atoms. The lowest BCUT2D eigenvalue weighted by molar-refractivity contribution is 0.181. The van der Waals surface area contributed by atoms with Crippen molar-refractivity contribution in [2.24, 2.45) is 0 Å². The summed E-state index contributed by atoms with van der Waals surface area (Å²) in [7, 11) is 0. The van der Waals surface area contributed by atoms with E-state index in [1.807, 2.05) is 25.4 Å². The summed E-state index contributed by atoms with van der Waals surface area (Å²) in [6.07, 6.45) is 5.46. The van der Waals surface area contributed by atoms with Crippen LogP contribution in [-0.2, 0) is 6.54 Å². The fraction of sp³-hybridized carbons (Fsp3) is 0.400. The van der Waals surface area contributed by atoms with E-state index >= 15 is 0 Å². The number of nitrogens with zero attached hydrogens (tertiary/aromatic N) is 1. The Morgan fingerprint density at radius 2 is 2.11 bits per heavy atom. The smallest absolute Gasteiger partial charge is 0.0512 e. The van der Waals surface area contributed by atoms with Crippen LogP contribution in [-0.4, -0.2) is 22.7 Å². The van der Waals surface area contributed by atoms with Gasteiger partial charge in [0.1, 0.15) is 0 Å². The number of hydrogen-bond acceptors (Lipinski definition) is 3. The number of benzene rings is 1. The SMILES string of the molecule is CC(O)CCCNCc1cncc2ccccc12. The van der Waals surface area contributed by atoms with Crippen molar-refractivity contribution in [2.75, 3.05) is 6.54 Å². The van der Waals surface area contributed by atoms with Crippen LogP contribution in [0.4, 0.5) is 0 Å². The van der Waals surface area contributed by atoms with Crippen LogP contribution < -0.4 is 5.32 Å². The fourth-order valence-electron chi connectivity index (χ4n) is 2.07. The Bertz CT molecular complexity index is 491. The number of pyridine rings is 1. The lowest BCUT2D eigenvalue weighted by atomic mass is 10.1. The normalized spacial score (nSPS) is 12.8. The molecular weight excluding hydrogens is 224 g/mol. The Balaban J connectivity index is 1.91. The molecule has 1 aromatic carbocycles. The fourth-order valence-corrected chi connectivity index (χ4v) is 2.07. The first-order valence-corrected chi connectivity index (χ1v) is 6.48. The third-order valence-corrected chi connectivity index (χ3v) is 3.04. The minimum absolute atomic E-state index is 0.203. The third-order valence-electron chi connectivity index (χ3n) is 3.04. The molecule has 0 aliphatic carbocycles. The molecule has 0 fully saturated rings. The Hall–Kier alpha value is -1.45. The van der Waals surface area contributed by atoms with Crippen LogP contribution in [0.25, 0.3) is 10.8 Å².